The molecule has 0 heterocycles. The lowest BCUT2D eigenvalue weighted by Gasteiger charge is -2.27. The summed E-state index contributed by atoms with van der Waals surface area (Å²) in [6.07, 6.45) is 0. The van der Waals surface area contributed by atoms with E-state index in [1.165, 1.54) is 9.80 Å². The van der Waals surface area contributed by atoms with Crippen LogP contribution in [-0.4, -0.2) is 94.6 Å². The van der Waals surface area contributed by atoms with E-state index in [-0.39, 0.29) is 63.7 Å². The lowest BCUT2D eigenvalue weighted by molar-refractivity contribution is 0.0647. The van der Waals surface area contributed by atoms with Crippen molar-refractivity contribution in [1.29, 1.82) is 0 Å². The molecule has 8 nitrogen and oxygen atoms in total. The molecule has 0 radical (unpaired) electrons. The molecule has 0 unspecified atom stereocenters. The Labute approximate surface area is 196 Å². The fourth-order valence-electron chi connectivity index (χ4n) is 2.46. The summed E-state index contributed by atoms with van der Waals surface area (Å²) in [5, 5.41) is 37.0. The van der Waals surface area contributed by atoms with Gasteiger partial charge in [-0.05, 0) is 63.7 Å². The monoisotopic (exact) mass is 652 g/mol. The lowest BCUT2D eigenvalue weighted by Crippen LogP contribution is -2.40. The van der Waals surface area contributed by atoms with E-state index in [1.54, 1.807) is 0 Å². The normalized spacial score (nSPS) is 10.9. The third-order valence-electron chi connectivity index (χ3n) is 3.75. The van der Waals surface area contributed by atoms with Gasteiger partial charge in [-0.25, -0.2) is 0 Å². The Kier molecular flexibility index (Phi) is 11.7. The van der Waals surface area contributed by atoms with E-state index < -0.39 is 11.8 Å². The van der Waals surface area contributed by atoms with Gasteiger partial charge in [0.25, 0.3) is 11.8 Å². The minimum absolute atomic E-state index is 0.0229. The van der Waals surface area contributed by atoms with Crippen LogP contribution in [0.25, 0.3) is 0 Å². The SMILES string of the molecule is O=C(c1c(Br)c(Br)c(Br)c(Br)c1C(=O)N(CCO)CCO)N(CCO)CCO. The molecule has 28 heavy (non-hydrogen) atoms. The fraction of sp³-hybridized carbons (Fsp3) is 0.500. The van der Waals surface area contributed by atoms with Crippen molar-refractivity contribution in [3.05, 3.63) is 29.0 Å². The summed E-state index contributed by atoms with van der Waals surface area (Å²) in [4.78, 5) is 28.8. The third kappa shape index (κ3) is 5.97. The number of carbonyl (C=O) groups is 2. The van der Waals surface area contributed by atoms with Gasteiger partial charge < -0.3 is 30.2 Å². The third-order valence-corrected chi connectivity index (χ3v) is 8.52. The summed E-state index contributed by atoms with van der Waals surface area (Å²) in [5.41, 5.74) is 0.0458. The van der Waals surface area contributed by atoms with Crippen molar-refractivity contribution in [1.82, 2.24) is 9.80 Å². The average Bonchev–Trinajstić information content (AvgIpc) is 2.67. The lowest BCUT2D eigenvalue weighted by atomic mass is 10.0. The maximum atomic E-state index is 13.2. The van der Waals surface area contributed by atoms with Crippen molar-refractivity contribution in [2.75, 3.05) is 52.6 Å². The van der Waals surface area contributed by atoms with Crippen LogP contribution in [0.3, 0.4) is 0 Å². The molecule has 0 saturated carbocycles. The molecule has 4 N–H and O–H groups in total. The largest absolute Gasteiger partial charge is 0.395 e. The van der Waals surface area contributed by atoms with Crippen LogP contribution in [0.4, 0.5) is 0 Å². The summed E-state index contributed by atoms with van der Waals surface area (Å²) in [5.74, 6) is -1.14. The maximum absolute atomic E-state index is 13.2. The van der Waals surface area contributed by atoms with E-state index in [2.05, 4.69) is 63.7 Å². The molecule has 0 bridgehead atoms. The summed E-state index contributed by atoms with van der Waals surface area (Å²) in [6, 6.07) is 0. The molecule has 0 aromatic heterocycles. The van der Waals surface area contributed by atoms with Gasteiger partial charge in [0.05, 0.1) is 37.6 Å². The minimum atomic E-state index is -0.569. The van der Waals surface area contributed by atoms with E-state index in [0.717, 1.165) is 0 Å². The molecule has 0 saturated heterocycles. The van der Waals surface area contributed by atoms with E-state index in [9.17, 15) is 30.0 Å². The van der Waals surface area contributed by atoms with Crippen LogP contribution in [0.15, 0.2) is 17.9 Å². The van der Waals surface area contributed by atoms with Gasteiger partial charge in [0.1, 0.15) is 0 Å². The van der Waals surface area contributed by atoms with Gasteiger partial charge in [0, 0.05) is 44.1 Å². The molecule has 12 heteroatoms. The quantitative estimate of drug-likeness (QED) is 0.225. The molecule has 0 aliphatic rings. The van der Waals surface area contributed by atoms with Crippen molar-refractivity contribution >= 4 is 75.5 Å². The van der Waals surface area contributed by atoms with Crippen LogP contribution >= 0.6 is 63.7 Å². The first-order valence-corrected chi connectivity index (χ1v) is 11.3. The summed E-state index contributed by atoms with van der Waals surface area (Å²) in [7, 11) is 0. The number of hydrogen-bond acceptors (Lipinski definition) is 6. The van der Waals surface area contributed by atoms with E-state index >= 15 is 0 Å². The number of carbonyl (C=O) groups excluding carboxylic acids is 2. The van der Waals surface area contributed by atoms with E-state index in [1.807, 2.05) is 0 Å². The first kappa shape index (κ1) is 26.0. The molecule has 1 rings (SSSR count). The first-order valence-electron chi connectivity index (χ1n) is 8.14. The van der Waals surface area contributed by atoms with Crippen LogP contribution < -0.4 is 0 Å². The van der Waals surface area contributed by atoms with E-state index in [0.29, 0.717) is 17.9 Å². The molecule has 2 amide bonds. The zero-order valence-corrected chi connectivity index (χ0v) is 21.0. The van der Waals surface area contributed by atoms with Gasteiger partial charge in [0.2, 0.25) is 0 Å². The Bertz CT molecular complexity index is 648. The molecule has 158 valence electrons. The number of hydrogen-bond donors (Lipinski definition) is 4. The number of halogens is 4. The highest BCUT2D eigenvalue weighted by molar-refractivity contribution is 9.15. The van der Waals surface area contributed by atoms with E-state index in [4.69, 9.17) is 0 Å². The standard InChI is InChI=1S/C16H20Br4N2O6/c17-11-9(15(27)21(1-5-23)2-6-24)10(12(18)14(20)13(11)19)16(28)22(3-7-25)4-8-26/h23-26H,1-8H2. The maximum Gasteiger partial charge on any atom is 0.256 e. The number of amides is 2. The van der Waals surface area contributed by atoms with Crippen molar-refractivity contribution in [3.63, 3.8) is 0 Å². The van der Waals surface area contributed by atoms with Crippen LogP contribution in [0, 0.1) is 0 Å². The zero-order valence-electron chi connectivity index (χ0n) is 14.7. The van der Waals surface area contributed by atoms with Crippen molar-refractivity contribution in [2.45, 2.75) is 0 Å². The first-order chi connectivity index (χ1) is 13.3. The molecule has 0 fully saturated rings. The highest BCUT2D eigenvalue weighted by Crippen LogP contribution is 2.43. The van der Waals surface area contributed by atoms with Crippen LogP contribution in [0.5, 0.6) is 0 Å². The number of benzene rings is 1. The predicted molar refractivity (Wildman–Crippen MR) is 117 cm³/mol. The Balaban J connectivity index is 3.66. The molecule has 0 aliphatic heterocycles. The highest BCUT2D eigenvalue weighted by Gasteiger charge is 2.32. The molecule has 1 aromatic carbocycles. The Morgan fingerprint density at radius 1 is 0.571 bits per heavy atom. The second kappa shape index (κ2) is 12.6. The van der Waals surface area contributed by atoms with Crippen LogP contribution in [0.2, 0.25) is 0 Å². The average molecular weight is 656 g/mol. The predicted octanol–water partition coefficient (Wildman–Crippen LogP) is 1.59. The summed E-state index contributed by atoms with van der Waals surface area (Å²) < 4.78 is 1.60. The molecule has 0 spiro atoms. The Hall–Kier alpha value is -0.0800. The zero-order chi connectivity index (χ0) is 21.4. The molecular weight excluding hydrogens is 636 g/mol. The van der Waals surface area contributed by atoms with Crippen LogP contribution in [-0.2, 0) is 0 Å². The Morgan fingerprint density at radius 2 is 0.821 bits per heavy atom. The number of nitrogens with zero attached hydrogens (tertiary/aromatic N) is 2. The molecular formula is C16H20Br4N2O6. The molecule has 0 atom stereocenters. The van der Waals surface area contributed by atoms with Gasteiger partial charge in [-0.15, -0.1) is 0 Å². The topological polar surface area (TPSA) is 122 Å². The molecule has 0 aliphatic carbocycles. The summed E-state index contributed by atoms with van der Waals surface area (Å²) >= 11 is 13.4. The van der Waals surface area contributed by atoms with Crippen molar-refractivity contribution in [2.24, 2.45) is 0 Å². The van der Waals surface area contributed by atoms with Crippen molar-refractivity contribution < 1.29 is 30.0 Å². The number of aliphatic hydroxyl groups excluding tert-OH is 4. The smallest absolute Gasteiger partial charge is 0.256 e. The van der Waals surface area contributed by atoms with Gasteiger partial charge in [-0.3, -0.25) is 9.59 Å². The number of rotatable bonds is 10. The van der Waals surface area contributed by atoms with Gasteiger partial charge in [-0.2, -0.15) is 0 Å². The highest BCUT2D eigenvalue weighted by atomic mass is 79.9. The van der Waals surface area contributed by atoms with Gasteiger partial charge >= 0.3 is 0 Å². The number of aliphatic hydroxyl groups is 4. The minimum Gasteiger partial charge on any atom is -0.395 e. The summed E-state index contributed by atoms with van der Waals surface area (Å²) in [6.45, 7) is -1.36. The second-order valence-corrected chi connectivity index (χ2v) is 8.66. The Morgan fingerprint density at radius 3 is 1.04 bits per heavy atom. The van der Waals surface area contributed by atoms with Gasteiger partial charge in [-0.1, -0.05) is 0 Å². The van der Waals surface area contributed by atoms with Crippen LogP contribution in [0.1, 0.15) is 20.7 Å². The second-order valence-electron chi connectivity index (χ2n) is 5.48. The van der Waals surface area contributed by atoms with Crippen molar-refractivity contribution in [3.8, 4) is 0 Å². The fourth-order valence-corrected chi connectivity index (χ4v) is 4.92. The van der Waals surface area contributed by atoms with Gasteiger partial charge in [0.15, 0.2) is 0 Å². The molecule has 1 aromatic rings.